The molecule has 3 aromatic rings. The Balaban J connectivity index is 1.41. The van der Waals surface area contributed by atoms with E-state index >= 15 is 0 Å². The molecule has 1 fully saturated rings. The average molecular weight is 365 g/mol. The number of carbonyl (C=O) groups excluding carboxylic acids is 1. The van der Waals surface area contributed by atoms with Gasteiger partial charge in [-0.25, -0.2) is 0 Å². The maximum atomic E-state index is 12.6. The molecule has 4 rings (SSSR count). The molecule has 140 valence electrons. The minimum absolute atomic E-state index is 0.00522. The minimum atomic E-state index is -0.00522. The highest BCUT2D eigenvalue weighted by molar-refractivity contribution is 5.92. The number of hydrogen-bond donors (Lipinski definition) is 0. The van der Waals surface area contributed by atoms with Crippen LogP contribution in [-0.4, -0.2) is 43.8 Å². The Morgan fingerprint density at radius 3 is 2.70 bits per heavy atom. The third kappa shape index (κ3) is 3.49. The molecule has 0 N–H and O–H groups in total. The van der Waals surface area contributed by atoms with Gasteiger partial charge in [0.15, 0.2) is 5.82 Å². The van der Waals surface area contributed by atoms with Crippen molar-refractivity contribution in [3.63, 3.8) is 0 Å². The van der Waals surface area contributed by atoms with E-state index < -0.39 is 0 Å². The van der Waals surface area contributed by atoms with Crippen LogP contribution in [0.5, 0.6) is 0 Å². The molecule has 1 aromatic carbocycles. The van der Waals surface area contributed by atoms with Crippen LogP contribution in [0.25, 0.3) is 11.5 Å². The van der Waals surface area contributed by atoms with E-state index in [2.05, 4.69) is 15.2 Å². The van der Waals surface area contributed by atoms with Crippen molar-refractivity contribution in [3.8, 4) is 11.5 Å². The highest BCUT2D eigenvalue weighted by Crippen LogP contribution is 2.29. The van der Waals surface area contributed by atoms with E-state index in [9.17, 15) is 4.79 Å². The second-order valence-electron chi connectivity index (χ2n) is 6.90. The van der Waals surface area contributed by atoms with Crippen LogP contribution in [0.2, 0.25) is 0 Å². The van der Waals surface area contributed by atoms with E-state index in [1.54, 1.807) is 10.7 Å². The van der Waals surface area contributed by atoms with Crippen LogP contribution in [-0.2, 0) is 6.54 Å². The fraction of sp³-hybridized carbons (Fsp3) is 0.400. The average Bonchev–Trinajstić information content (AvgIpc) is 3.38. The van der Waals surface area contributed by atoms with Gasteiger partial charge in [-0.2, -0.15) is 10.1 Å². The number of aromatic nitrogens is 4. The Hall–Kier alpha value is -2.96. The molecule has 0 spiro atoms. The number of rotatable bonds is 4. The van der Waals surface area contributed by atoms with Gasteiger partial charge in [0.25, 0.3) is 11.8 Å². The molecular formula is C20H23N5O2. The lowest BCUT2D eigenvalue weighted by atomic mass is 9.96. The lowest BCUT2D eigenvalue weighted by Crippen LogP contribution is -2.38. The fourth-order valence-electron chi connectivity index (χ4n) is 3.48. The largest absolute Gasteiger partial charge is 0.337 e. The lowest BCUT2D eigenvalue weighted by Gasteiger charge is -2.30. The normalized spacial score (nSPS) is 15.3. The van der Waals surface area contributed by atoms with E-state index in [4.69, 9.17) is 4.52 Å². The molecule has 27 heavy (non-hydrogen) atoms. The van der Waals surface area contributed by atoms with E-state index in [0.717, 1.165) is 36.3 Å². The molecule has 3 heterocycles. The van der Waals surface area contributed by atoms with Gasteiger partial charge in [0, 0.05) is 37.3 Å². The van der Waals surface area contributed by atoms with Gasteiger partial charge in [-0.1, -0.05) is 23.4 Å². The van der Waals surface area contributed by atoms with Crippen molar-refractivity contribution in [2.24, 2.45) is 0 Å². The highest BCUT2D eigenvalue weighted by atomic mass is 16.5. The molecule has 0 bridgehead atoms. The van der Waals surface area contributed by atoms with Crippen molar-refractivity contribution in [1.82, 2.24) is 24.8 Å². The molecule has 0 unspecified atom stereocenters. The van der Waals surface area contributed by atoms with Crippen LogP contribution in [0.4, 0.5) is 0 Å². The Kier molecular flexibility index (Phi) is 4.75. The first-order chi connectivity index (χ1) is 13.2. The summed E-state index contributed by atoms with van der Waals surface area (Å²) < 4.78 is 7.26. The summed E-state index contributed by atoms with van der Waals surface area (Å²) in [4.78, 5) is 19.1. The van der Waals surface area contributed by atoms with Crippen molar-refractivity contribution >= 4 is 5.91 Å². The monoisotopic (exact) mass is 365 g/mol. The SMILES string of the molecule is CCn1ccc(C(=O)N2CCC(c3noc(-c4ccccc4C)n3)CC2)n1. The molecule has 1 aliphatic heterocycles. The third-order valence-electron chi connectivity index (χ3n) is 5.15. The number of nitrogens with zero attached hydrogens (tertiary/aromatic N) is 5. The van der Waals surface area contributed by atoms with Gasteiger partial charge in [-0.3, -0.25) is 9.48 Å². The summed E-state index contributed by atoms with van der Waals surface area (Å²) in [7, 11) is 0. The van der Waals surface area contributed by atoms with Crippen LogP contribution in [0, 0.1) is 6.92 Å². The summed E-state index contributed by atoms with van der Waals surface area (Å²) in [5, 5.41) is 8.51. The van der Waals surface area contributed by atoms with Crippen LogP contribution in [0.15, 0.2) is 41.1 Å². The molecule has 1 saturated heterocycles. The number of carbonyl (C=O) groups is 1. The summed E-state index contributed by atoms with van der Waals surface area (Å²) in [6.45, 7) is 6.15. The van der Waals surface area contributed by atoms with Crippen LogP contribution in [0.3, 0.4) is 0 Å². The van der Waals surface area contributed by atoms with Gasteiger partial charge in [-0.05, 0) is 44.4 Å². The Morgan fingerprint density at radius 2 is 2.00 bits per heavy atom. The maximum absolute atomic E-state index is 12.6. The second-order valence-corrected chi connectivity index (χ2v) is 6.90. The first-order valence-electron chi connectivity index (χ1n) is 9.38. The summed E-state index contributed by atoms with van der Waals surface area (Å²) in [5.74, 6) is 1.50. The number of likely N-dealkylation sites (tertiary alicyclic amines) is 1. The third-order valence-corrected chi connectivity index (χ3v) is 5.15. The van der Waals surface area contributed by atoms with Crippen molar-refractivity contribution < 1.29 is 9.32 Å². The van der Waals surface area contributed by atoms with Crippen molar-refractivity contribution in [3.05, 3.63) is 53.6 Å². The van der Waals surface area contributed by atoms with Gasteiger partial charge in [0.05, 0.1) is 0 Å². The molecule has 7 heteroatoms. The van der Waals surface area contributed by atoms with Crippen molar-refractivity contribution in [2.45, 2.75) is 39.2 Å². The van der Waals surface area contributed by atoms with Gasteiger partial charge in [0.1, 0.15) is 5.69 Å². The van der Waals surface area contributed by atoms with E-state index in [1.807, 2.05) is 49.2 Å². The Morgan fingerprint density at radius 1 is 1.22 bits per heavy atom. The molecule has 7 nitrogen and oxygen atoms in total. The maximum Gasteiger partial charge on any atom is 0.274 e. The van der Waals surface area contributed by atoms with E-state index in [1.165, 1.54) is 0 Å². The zero-order chi connectivity index (χ0) is 18.8. The van der Waals surface area contributed by atoms with Crippen molar-refractivity contribution in [1.29, 1.82) is 0 Å². The number of aryl methyl sites for hydroxylation is 2. The van der Waals surface area contributed by atoms with Crippen LogP contribution in [0.1, 0.15) is 47.6 Å². The summed E-state index contributed by atoms with van der Waals surface area (Å²) in [5.41, 5.74) is 2.59. The quantitative estimate of drug-likeness (QED) is 0.709. The minimum Gasteiger partial charge on any atom is -0.337 e. The summed E-state index contributed by atoms with van der Waals surface area (Å²) in [6.07, 6.45) is 3.49. The molecule has 1 aliphatic rings. The first-order valence-corrected chi connectivity index (χ1v) is 9.38. The number of amides is 1. The number of benzene rings is 1. The zero-order valence-corrected chi connectivity index (χ0v) is 15.6. The molecule has 0 aliphatic carbocycles. The van der Waals surface area contributed by atoms with Crippen LogP contribution >= 0.6 is 0 Å². The van der Waals surface area contributed by atoms with Gasteiger partial charge in [0.2, 0.25) is 0 Å². The standard InChI is InChI=1S/C20H23N5O2/c1-3-25-13-10-17(22-25)20(26)24-11-8-15(9-12-24)18-21-19(27-23-18)16-7-5-4-6-14(16)2/h4-7,10,13,15H,3,8-9,11-12H2,1-2H3. The Labute approximate surface area is 158 Å². The van der Waals surface area contributed by atoms with Gasteiger partial charge < -0.3 is 9.42 Å². The molecule has 0 saturated carbocycles. The molecule has 0 atom stereocenters. The van der Waals surface area contributed by atoms with Crippen molar-refractivity contribution in [2.75, 3.05) is 13.1 Å². The van der Waals surface area contributed by atoms with E-state index in [0.29, 0.717) is 24.7 Å². The fourth-order valence-corrected chi connectivity index (χ4v) is 3.48. The van der Waals surface area contributed by atoms with E-state index in [-0.39, 0.29) is 11.8 Å². The number of hydrogen-bond acceptors (Lipinski definition) is 5. The lowest BCUT2D eigenvalue weighted by molar-refractivity contribution is 0.0703. The molecule has 1 amide bonds. The highest BCUT2D eigenvalue weighted by Gasteiger charge is 2.28. The van der Waals surface area contributed by atoms with Gasteiger partial charge >= 0.3 is 0 Å². The number of piperidine rings is 1. The Bertz CT molecular complexity index is 937. The first kappa shape index (κ1) is 17.5. The molecule has 2 aromatic heterocycles. The topological polar surface area (TPSA) is 77.0 Å². The summed E-state index contributed by atoms with van der Waals surface area (Å²) in [6, 6.07) is 9.76. The molecular weight excluding hydrogens is 342 g/mol. The van der Waals surface area contributed by atoms with Gasteiger partial charge in [-0.15, -0.1) is 0 Å². The summed E-state index contributed by atoms with van der Waals surface area (Å²) >= 11 is 0. The van der Waals surface area contributed by atoms with Crippen LogP contribution < -0.4 is 0 Å². The predicted octanol–water partition coefficient (Wildman–Crippen LogP) is 3.28. The smallest absolute Gasteiger partial charge is 0.274 e. The zero-order valence-electron chi connectivity index (χ0n) is 15.6. The molecule has 0 radical (unpaired) electrons. The second kappa shape index (κ2) is 7.34. The predicted molar refractivity (Wildman–Crippen MR) is 100 cm³/mol.